The number of likely N-dealkylation sites (tertiary alicyclic amines) is 2. The van der Waals surface area contributed by atoms with Gasteiger partial charge in [-0.1, -0.05) is 0 Å². The van der Waals surface area contributed by atoms with E-state index < -0.39 is 11.6 Å². The number of benzene rings is 1. The van der Waals surface area contributed by atoms with Crippen molar-refractivity contribution in [3.05, 3.63) is 29.8 Å². The Bertz CT molecular complexity index is 654. The lowest BCUT2D eigenvalue weighted by atomic mass is 9.94. The molecule has 0 spiro atoms. The Kier molecular flexibility index (Phi) is 6.19. The maximum absolute atomic E-state index is 13.2. The third-order valence-corrected chi connectivity index (χ3v) is 5.18. The smallest absolute Gasteiger partial charge is 0.238 e. The minimum Gasteiger partial charge on any atom is -0.342 e. The van der Waals surface area contributed by atoms with E-state index in [1.54, 1.807) is 0 Å². The number of nitrogens with zero attached hydrogens (tertiary/aromatic N) is 2. The molecule has 0 saturated carbocycles. The summed E-state index contributed by atoms with van der Waals surface area (Å²) in [7, 11) is 0. The van der Waals surface area contributed by atoms with Crippen molar-refractivity contribution in [3.8, 4) is 0 Å². The lowest BCUT2D eigenvalue weighted by Crippen LogP contribution is -2.45. The quantitative estimate of drug-likeness (QED) is 0.892. The van der Waals surface area contributed by atoms with Gasteiger partial charge in [0.05, 0.1) is 6.54 Å². The van der Waals surface area contributed by atoms with Gasteiger partial charge in [-0.2, -0.15) is 0 Å². The van der Waals surface area contributed by atoms with Gasteiger partial charge in [0.1, 0.15) is 0 Å². The maximum Gasteiger partial charge on any atom is 0.238 e. The molecule has 0 bridgehead atoms. The van der Waals surface area contributed by atoms with Gasteiger partial charge < -0.3 is 10.2 Å². The molecule has 0 unspecified atom stereocenters. The Morgan fingerprint density at radius 3 is 2.35 bits per heavy atom. The van der Waals surface area contributed by atoms with Gasteiger partial charge in [-0.15, -0.1) is 0 Å². The third-order valence-electron chi connectivity index (χ3n) is 5.18. The lowest BCUT2D eigenvalue weighted by Gasteiger charge is -2.35. The van der Waals surface area contributed by atoms with Crippen molar-refractivity contribution in [3.63, 3.8) is 0 Å². The van der Waals surface area contributed by atoms with Gasteiger partial charge in [0, 0.05) is 30.8 Å². The molecule has 1 N–H and O–H groups in total. The fraction of sp³-hybridized carbons (Fsp3) is 0.579. The number of amides is 2. The number of halogens is 2. The summed E-state index contributed by atoms with van der Waals surface area (Å²) in [6.45, 7) is 3.31. The predicted octanol–water partition coefficient (Wildman–Crippen LogP) is 2.63. The second-order valence-corrected chi connectivity index (χ2v) is 7.11. The first-order valence-electron chi connectivity index (χ1n) is 9.29. The summed E-state index contributed by atoms with van der Waals surface area (Å²) in [6.07, 6.45) is 4.90. The average molecular weight is 365 g/mol. The van der Waals surface area contributed by atoms with E-state index in [4.69, 9.17) is 0 Å². The van der Waals surface area contributed by atoms with E-state index in [2.05, 4.69) is 5.32 Å². The molecule has 26 heavy (non-hydrogen) atoms. The summed E-state index contributed by atoms with van der Waals surface area (Å²) < 4.78 is 26.1. The Hall–Kier alpha value is -2.02. The number of hydrogen-bond acceptors (Lipinski definition) is 3. The molecule has 0 aliphatic carbocycles. The number of hydrogen-bond donors (Lipinski definition) is 1. The molecule has 142 valence electrons. The van der Waals surface area contributed by atoms with Crippen LogP contribution in [0.4, 0.5) is 14.5 Å². The van der Waals surface area contributed by atoms with Crippen molar-refractivity contribution in [1.82, 2.24) is 9.80 Å². The summed E-state index contributed by atoms with van der Waals surface area (Å²) in [5.74, 6) is -1.88. The SMILES string of the molecule is O=C(CN1CCC(C(=O)N2CCCCC2)CC1)Nc1ccc(F)c(F)c1. The summed E-state index contributed by atoms with van der Waals surface area (Å²) in [5, 5.41) is 2.58. The van der Waals surface area contributed by atoms with E-state index in [0.717, 1.165) is 50.9 Å². The van der Waals surface area contributed by atoms with Crippen molar-refractivity contribution < 1.29 is 18.4 Å². The van der Waals surface area contributed by atoms with E-state index in [0.29, 0.717) is 13.1 Å². The van der Waals surface area contributed by atoms with E-state index in [9.17, 15) is 18.4 Å². The van der Waals surface area contributed by atoms with Crippen molar-refractivity contribution in [2.75, 3.05) is 38.0 Å². The highest BCUT2D eigenvalue weighted by molar-refractivity contribution is 5.92. The Balaban J connectivity index is 1.43. The maximum atomic E-state index is 13.2. The Morgan fingerprint density at radius 1 is 1.00 bits per heavy atom. The highest BCUT2D eigenvalue weighted by Gasteiger charge is 2.29. The standard InChI is InChI=1S/C19H25F2N3O2/c20-16-5-4-15(12-17(16)21)22-18(25)13-23-10-6-14(7-11-23)19(26)24-8-2-1-3-9-24/h4-5,12,14H,1-3,6-11,13H2,(H,22,25). The van der Waals surface area contributed by atoms with Crippen LogP contribution < -0.4 is 5.32 Å². The Labute approximate surface area is 152 Å². The molecule has 2 heterocycles. The normalized spacial score (nSPS) is 19.4. The van der Waals surface area contributed by atoms with Crippen LogP contribution in [0.1, 0.15) is 32.1 Å². The summed E-state index contributed by atoms with van der Waals surface area (Å²) >= 11 is 0. The minimum atomic E-state index is -0.986. The van der Waals surface area contributed by atoms with Crippen LogP contribution in [0.5, 0.6) is 0 Å². The number of carbonyl (C=O) groups excluding carboxylic acids is 2. The first-order valence-corrected chi connectivity index (χ1v) is 9.29. The van der Waals surface area contributed by atoms with E-state index >= 15 is 0 Å². The number of carbonyl (C=O) groups is 2. The van der Waals surface area contributed by atoms with Gasteiger partial charge in [0.25, 0.3) is 0 Å². The predicted molar refractivity (Wildman–Crippen MR) is 94.6 cm³/mol. The highest BCUT2D eigenvalue weighted by Crippen LogP contribution is 2.22. The van der Waals surface area contributed by atoms with E-state index in [1.807, 2.05) is 9.80 Å². The zero-order valence-corrected chi connectivity index (χ0v) is 14.8. The van der Waals surface area contributed by atoms with Gasteiger partial charge in [-0.3, -0.25) is 14.5 Å². The molecule has 2 saturated heterocycles. The van der Waals surface area contributed by atoms with Gasteiger partial charge in [0.15, 0.2) is 11.6 Å². The van der Waals surface area contributed by atoms with Crippen molar-refractivity contribution in [2.24, 2.45) is 5.92 Å². The molecular weight excluding hydrogens is 340 g/mol. The monoisotopic (exact) mass is 365 g/mol. The largest absolute Gasteiger partial charge is 0.342 e. The molecule has 1 aromatic carbocycles. The van der Waals surface area contributed by atoms with Crippen molar-refractivity contribution in [2.45, 2.75) is 32.1 Å². The van der Waals surface area contributed by atoms with Gasteiger partial charge in [-0.05, 0) is 57.3 Å². The van der Waals surface area contributed by atoms with Crippen molar-refractivity contribution in [1.29, 1.82) is 0 Å². The van der Waals surface area contributed by atoms with Crippen LogP contribution in [-0.4, -0.2) is 54.3 Å². The fourth-order valence-electron chi connectivity index (χ4n) is 3.69. The average Bonchev–Trinajstić information content (AvgIpc) is 2.65. The second kappa shape index (κ2) is 8.58. The molecule has 2 fully saturated rings. The molecule has 2 aliphatic heterocycles. The van der Waals surface area contributed by atoms with Gasteiger partial charge in [0.2, 0.25) is 11.8 Å². The first kappa shape index (κ1) is 18.8. The van der Waals surface area contributed by atoms with Crippen LogP contribution in [0, 0.1) is 17.6 Å². The summed E-state index contributed by atoms with van der Waals surface area (Å²) in [5.41, 5.74) is 0.240. The molecule has 0 atom stereocenters. The second-order valence-electron chi connectivity index (χ2n) is 7.11. The van der Waals surface area contributed by atoms with E-state index in [1.165, 1.54) is 12.5 Å². The van der Waals surface area contributed by atoms with Crippen LogP contribution in [0.3, 0.4) is 0 Å². The summed E-state index contributed by atoms with van der Waals surface area (Å²) in [6, 6.07) is 3.29. The molecule has 1 aromatic rings. The molecule has 0 radical (unpaired) electrons. The molecule has 7 heteroatoms. The third kappa shape index (κ3) is 4.78. The van der Waals surface area contributed by atoms with Crippen LogP contribution in [0.15, 0.2) is 18.2 Å². The lowest BCUT2D eigenvalue weighted by molar-refractivity contribution is -0.138. The van der Waals surface area contributed by atoms with Crippen LogP contribution in [-0.2, 0) is 9.59 Å². The fourth-order valence-corrected chi connectivity index (χ4v) is 3.69. The topological polar surface area (TPSA) is 52.7 Å². The van der Waals surface area contributed by atoms with Crippen molar-refractivity contribution >= 4 is 17.5 Å². The molecule has 5 nitrogen and oxygen atoms in total. The van der Waals surface area contributed by atoms with E-state index in [-0.39, 0.29) is 30.0 Å². The highest BCUT2D eigenvalue weighted by atomic mass is 19.2. The Morgan fingerprint density at radius 2 is 1.69 bits per heavy atom. The molecule has 2 amide bonds. The van der Waals surface area contributed by atoms with Crippen LogP contribution >= 0.6 is 0 Å². The number of rotatable bonds is 4. The zero-order chi connectivity index (χ0) is 18.5. The van der Waals surface area contributed by atoms with Crippen LogP contribution in [0.2, 0.25) is 0 Å². The molecular formula is C19H25F2N3O2. The van der Waals surface area contributed by atoms with Crippen LogP contribution in [0.25, 0.3) is 0 Å². The van der Waals surface area contributed by atoms with Gasteiger partial charge in [-0.25, -0.2) is 8.78 Å². The number of anilines is 1. The summed E-state index contributed by atoms with van der Waals surface area (Å²) in [4.78, 5) is 28.6. The molecule has 0 aromatic heterocycles. The molecule has 2 aliphatic rings. The molecule has 3 rings (SSSR count). The first-order chi connectivity index (χ1) is 12.5. The number of piperidine rings is 2. The van der Waals surface area contributed by atoms with Gasteiger partial charge >= 0.3 is 0 Å². The number of nitrogens with one attached hydrogen (secondary N) is 1. The zero-order valence-electron chi connectivity index (χ0n) is 14.8. The minimum absolute atomic E-state index is 0.0543.